The van der Waals surface area contributed by atoms with Crippen LogP contribution in [0.1, 0.15) is 52.8 Å². The molecular formula is C16H28BrN3O. The Bertz CT molecular complexity index is 462. The van der Waals surface area contributed by atoms with E-state index in [4.69, 9.17) is 4.74 Å². The van der Waals surface area contributed by atoms with Gasteiger partial charge in [-0.1, -0.05) is 13.8 Å². The molecule has 1 saturated heterocycles. The molecule has 1 aliphatic heterocycles. The molecule has 0 saturated carbocycles. The van der Waals surface area contributed by atoms with E-state index >= 15 is 0 Å². The summed E-state index contributed by atoms with van der Waals surface area (Å²) in [6, 6.07) is 0.275. The monoisotopic (exact) mass is 357 g/mol. The summed E-state index contributed by atoms with van der Waals surface area (Å²) in [7, 11) is 0. The summed E-state index contributed by atoms with van der Waals surface area (Å²) in [5, 5.41) is 8.23. The van der Waals surface area contributed by atoms with Crippen molar-refractivity contribution in [3.05, 3.63) is 16.4 Å². The third kappa shape index (κ3) is 3.35. The predicted molar refractivity (Wildman–Crippen MR) is 89.3 cm³/mol. The van der Waals surface area contributed by atoms with E-state index in [9.17, 15) is 0 Å². The van der Waals surface area contributed by atoms with Gasteiger partial charge in [0.15, 0.2) is 0 Å². The van der Waals surface area contributed by atoms with E-state index in [-0.39, 0.29) is 12.1 Å². The number of halogens is 1. The van der Waals surface area contributed by atoms with Crippen molar-refractivity contribution in [1.29, 1.82) is 0 Å². The molecule has 0 spiro atoms. The van der Waals surface area contributed by atoms with E-state index in [2.05, 4.69) is 65.6 Å². The Morgan fingerprint density at radius 2 is 2.05 bits per heavy atom. The number of aromatic nitrogens is 2. The van der Waals surface area contributed by atoms with Crippen LogP contribution in [0.3, 0.4) is 0 Å². The molecule has 1 aromatic rings. The molecule has 5 atom stereocenters. The van der Waals surface area contributed by atoms with E-state index in [0.29, 0.717) is 17.9 Å². The summed E-state index contributed by atoms with van der Waals surface area (Å²) in [4.78, 5) is 0. The number of ether oxygens (including phenoxy) is 1. The quantitative estimate of drug-likeness (QED) is 0.842. The van der Waals surface area contributed by atoms with Crippen LogP contribution in [0.5, 0.6) is 0 Å². The van der Waals surface area contributed by atoms with Gasteiger partial charge in [0.05, 0.1) is 34.6 Å². The SMILES string of the molecule is CCCNC(c1c(Br)cnn1CC)C1C(C)OC(C)C1C. The van der Waals surface area contributed by atoms with Crippen molar-refractivity contribution in [2.75, 3.05) is 6.54 Å². The fourth-order valence-corrected chi connectivity index (χ4v) is 4.06. The lowest BCUT2D eigenvalue weighted by atomic mass is 9.82. The summed E-state index contributed by atoms with van der Waals surface area (Å²) in [6.07, 6.45) is 3.61. The van der Waals surface area contributed by atoms with E-state index < -0.39 is 0 Å². The van der Waals surface area contributed by atoms with Gasteiger partial charge in [0.25, 0.3) is 0 Å². The lowest BCUT2D eigenvalue weighted by molar-refractivity contribution is 0.0471. The third-order valence-corrected chi connectivity index (χ3v) is 5.36. The number of hydrogen-bond acceptors (Lipinski definition) is 3. The molecule has 5 heteroatoms. The maximum absolute atomic E-state index is 6.07. The molecule has 0 radical (unpaired) electrons. The Hall–Kier alpha value is -0.390. The fourth-order valence-electron chi connectivity index (χ4n) is 3.52. The smallest absolute Gasteiger partial charge is 0.0699 e. The van der Waals surface area contributed by atoms with Crippen molar-refractivity contribution in [3.8, 4) is 0 Å². The molecule has 0 aromatic carbocycles. The summed E-state index contributed by atoms with van der Waals surface area (Å²) in [5.41, 5.74) is 1.26. The van der Waals surface area contributed by atoms with Gasteiger partial charge < -0.3 is 10.1 Å². The van der Waals surface area contributed by atoms with Crippen LogP contribution < -0.4 is 5.32 Å². The second kappa shape index (κ2) is 7.25. The zero-order valence-electron chi connectivity index (χ0n) is 13.8. The second-order valence-electron chi connectivity index (χ2n) is 6.11. The Labute approximate surface area is 136 Å². The summed E-state index contributed by atoms with van der Waals surface area (Å²) < 4.78 is 9.26. The highest BCUT2D eigenvalue weighted by molar-refractivity contribution is 9.10. The van der Waals surface area contributed by atoms with E-state index in [0.717, 1.165) is 24.0 Å². The summed E-state index contributed by atoms with van der Waals surface area (Å²) in [5.74, 6) is 0.992. The van der Waals surface area contributed by atoms with E-state index in [1.165, 1.54) is 5.69 Å². The normalized spacial score (nSPS) is 30.8. The summed E-state index contributed by atoms with van der Waals surface area (Å²) in [6.45, 7) is 12.9. The van der Waals surface area contributed by atoms with Crippen LogP contribution >= 0.6 is 15.9 Å². The van der Waals surface area contributed by atoms with Gasteiger partial charge in [-0.15, -0.1) is 0 Å². The van der Waals surface area contributed by atoms with Crippen molar-refractivity contribution in [1.82, 2.24) is 15.1 Å². The molecule has 0 amide bonds. The van der Waals surface area contributed by atoms with Gasteiger partial charge in [-0.05, 0) is 55.6 Å². The van der Waals surface area contributed by atoms with Crippen molar-refractivity contribution in [3.63, 3.8) is 0 Å². The Morgan fingerprint density at radius 1 is 1.33 bits per heavy atom. The molecule has 0 bridgehead atoms. The molecule has 1 aliphatic rings. The van der Waals surface area contributed by atoms with Crippen LogP contribution in [0.25, 0.3) is 0 Å². The van der Waals surface area contributed by atoms with Gasteiger partial charge in [-0.3, -0.25) is 4.68 Å². The minimum atomic E-state index is 0.261. The van der Waals surface area contributed by atoms with Crippen molar-refractivity contribution >= 4 is 15.9 Å². The first-order valence-electron chi connectivity index (χ1n) is 8.11. The van der Waals surface area contributed by atoms with E-state index in [1.807, 2.05) is 6.20 Å². The zero-order chi connectivity index (χ0) is 15.6. The first kappa shape index (κ1) is 17.0. The molecule has 1 aromatic heterocycles. The van der Waals surface area contributed by atoms with Crippen LogP contribution in [0.4, 0.5) is 0 Å². The Morgan fingerprint density at radius 3 is 2.57 bits per heavy atom. The van der Waals surface area contributed by atoms with Crippen LogP contribution in [-0.4, -0.2) is 28.5 Å². The van der Waals surface area contributed by atoms with Crippen LogP contribution in [0.15, 0.2) is 10.7 Å². The van der Waals surface area contributed by atoms with Gasteiger partial charge in [-0.2, -0.15) is 5.10 Å². The van der Waals surface area contributed by atoms with Crippen molar-refractivity contribution < 1.29 is 4.74 Å². The Balaban J connectivity index is 2.36. The van der Waals surface area contributed by atoms with Crippen LogP contribution in [0, 0.1) is 11.8 Å². The standard InChI is InChI=1S/C16H28BrN3O/c1-6-8-18-15(14-10(3)11(4)21-12(14)5)16-13(17)9-19-20(16)7-2/h9-12,14-15,18H,6-8H2,1-5H3. The van der Waals surface area contributed by atoms with Gasteiger partial charge in [0.2, 0.25) is 0 Å². The molecule has 1 fully saturated rings. The second-order valence-corrected chi connectivity index (χ2v) is 6.96. The summed E-state index contributed by atoms with van der Waals surface area (Å²) >= 11 is 3.69. The molecule has 4 nitrogen and oxygen atoms in total. The highest BCUT2D eigenvalue weighted by Gasteiger charge is 2.43. The van der Waals surface area contributed by atoms with Gasteiger partial charge in [0.1, 0.15) is 0 Å². The van der Waals surface area contributed by atoms with Gasteiger partial charge in [0, 0.05) is 12.5 Å². The highest BCUT2D eigenvalue weighted by atomic mass is 79.9. The lowest BCUT2D eigenvalue weighted by Crippen LogP contribution is -2.37. The largest absolute Gasteiger partial charge is 0.375 e. The fraction of sp³-hybridized carbons (Fsp3) is 0.812. The van der Waals surface area contributed by atoms with Crippen LogP contribution in [0.2, 0.25) is 0 Å². The average Bonchev–Trinajstić information content (AvgIpc) is 2.94. The van der Waals surface area contributed by atoms with Gasteiger partial charge >= 0.3 is 0 Å². The topological polar surface area (TPSA) is 39.1 Å². The van der Waals surface area contributed by atoms with Crippen molar-refractivity contribution in [2.24, 2.45) is 11.8 Å². The molecule has 21 heavy (non-hydrogen) atoms. The minimum absolute atomic E-state index is 0.261. The van der Waals surface area contributed by atoms with Crippen molar-refractivity contribution in [2.45, 2.75) is 65.8 Å². The Kier molecular flexibility index (Phi) is 5.86. The zero-order valence-corrected chi connectivity index (χ0v) is 15.4. The number of rotatable bonds is 6. The maximum atomic E-state index is 6.07. The number of hydrogen-bond donors (Lipinski definition) is 1. The van der Waals surface area contributed by atoms with Gasteiger partial charge in [-0.25, -0.2) is 0 Å². The number of aryl methyl sites for hydroxylation is 1. The molecule has 0 aliphatic carbocycles. The molecule has 2 rings (SSSR count). The number of nitrogens with one attached hydrogen (secondary N) is 1. The maximum Gasteiger partial charge on any atom is 0.0699 e. The highest BCUT2D eigenvalue weighted by Crippen LogP contribution is 2.42. The lowest BCUT2D eigenvalue weighted by Gasteiger charge is -2.30. The first-order valence-corrected chi connectivity index (χ1v) is 8.90. The molecular weight excluding hydrogens is 330 g/mol. The van der Waals surface area contributed by atoms with Crippen LogP contribution in [-0.2, 0) is 11.3 Å². The minimum Gasteiger partial charge on any atom is -0.375 e. The first-order chi connectivity index (χ1) is 10.0. The molecule has 2 heterocycles. The average molecular weight is 358 g/mol. The van der Waals surface area contributed by atoms with E-state index in [1.54, 1.807) is 0 Å². The molecule has 120 valence electrons. The third-order valence-electron chi connectivity index (χ3n) is 4.75. The molecule has 1 N–H and O–H groups in total. The predicted octanol–water partition coefficient (Wildman–Crippen LogP) is 3.77. The number of nitrogens with zero attached hydrogens (tertiary/aromatic N) is 2. The molecule has 5 unspecified atom stereocenters.